The summed E-state index contributed by atoms with van der Waals surface area (Å²) in [5.74, 6) is 0. The average molecular weight is 693 g/mol. The van der Waals surface area contributed by atoms with Gasteiger partial charge in [-0.05, 0) is 99.6 Å². The zero-order valence-corrected chi connectivity index (χ0v) is 30.1. The van der Waals surface area contributed by atoms with Crippen molar-refractivity contribution in [3.8, 4) is 33.4 Å². The van der Waals surface area contributed by atoms with Crippen LogP contribution in [0, 0.1) is 0 Å². The number of aromatic nitrogens is 1. The molecule has 0 unspecified atom stereocenters. The molecule has 3 nitrogen and oxygen atoms in total. The van der Waals surface area contributed by atoms with E-state index in [4.69, 9.17) is 4.42 Å². The molecular formula is C51H36N2O. The number of aromatic amines is 1. The molecular weight excluding hydrogens is 657 g/mol. The first-order chi connectivity index (χ1) is 26.5. The van der Waals surface area contributed by atoms with Gasteiger partial charge >= 0.3 is 0 Å². The normalized spacial score (nSPS) is 13.1. The van der Waals surface area contributed by atoms with Crippen molar-refractivity contribution in [2.45, 2.75) is 19.3 Å². The molecule has 3 heteroatoms. The molecule has 0 saturated carbocycles. The molecule has 8 aromatic carbocycles. The van der Waals surface area contributed by atoms with Gasteiger partial charge in [0.25, 0.3) is 0 Å². The number of furan rings is 1. The molecule has 2 aromatic heterocycles. The van der Waals surface area contributed by atoms with Crippen LogP contribution >= 0.6 is 0 Å². The molecule has 2 heterocycles. The van der Waals surface area contributed by atoms with Crippen molar-refractivity contribution < 1.29 is 4.42 Å². The van der Waals surface area contributed by atoms with Crippen molar-refractivity contribution in [2.24, 2.45) is 0 Å². The van der Waals surface area contributed by atoms with E-state index < -0.39 is 0 Å². The smallest absolute Gasteiger partial charge is 0.143 e. The summed E-state index contributed by atoms with van der Waals surface area (Å²) in [6, 6.07) is 63.7. The van der Waals surface area contributed by atoms with Gasteiger partial charge in [-0.15, -0.1) is 0 Å². The zero-order chi connectivity index (χ0) is 36.0. The SMILES string of the molecule is CC1(C)c2ccccc2-c2ccc(N(c3ccc(-c4ccc5[nH]c6ccccc6c5c4)cc3)c3ccc(-c4cccc5c4oc4ccccc45)cc3)cc21. The van der Waals surface area contributed by atoms with E-state index >= 15 is 0 Å². The highest BCUT2D eigenvalue weighted by Gasteiger charge is 2.35. The Labute approximate surface area is 313 Å². The zero-order valence-electron chi connectivity index (χ0n) is 30.1. The molecule has 11 rings (SSSR count). The molecule has 0 amide bonds. The molecule has 0 spiro atoms. The van der Waals surface area contributed by atoms with E-state index in [0.717, 1.165) is 61.2 Å². The number of hydrogen-bond acceptors (Lipinski definition) is 2. The summed E-state index contributed by atoms with van der Waals surface area (Å²) >= 11 is 0. The number of H-pyrrole nitrogens is 1. The Morgan fingerprint density at radius 1 is 0.426 bits per heavy atom. The van der Waals surface area contributed by atoms with Crippen molar-refractivity contribution >= 4 is 60.8 Å². The minimum atomic E-state index is -0.104. The molecule has 54 heavy (non-hydrogen) atoms. The number of nitrogens with zero attached hydrogens (tertiary/aromatic N) is 1. The van der Waals surface area contributed by atoms with Crippen molar-refractivity contribution in [2.75, 3.05) is 4.90 Å². The van der Waals surface area contributed by atoms with Crippen LogP contribution in [-0.4, -0.2) is 4.98 Å². The lowest BCUT2D eigenvalue weighted by molar-refractivity contribution is 0.660. The summed E-state index contributed by atoms with van der Waals surface area (Å²) in [6.07, 6.45) is 0. The van der Waals surface area contributed by atoms with Crippen LogP contribution in [0.3, 0.4) is 0 Å². The van der Waals surface area contributed by atoms with Crippen LogP contribution in [-0.2, 0) is 5.41 Å². The Kier molecular flexibility index (Phi) is 6.60. The fraction of sp³-hybridized carbons (Fsp3) is 0.0588. The van der Waals surface area contributed by atoms with Gasteiger partial charge in [0.1, 0.15) is 11.2 Å². The van der Waals surface area contributed by atoms with E-state index in [-0.39, 0.29) is 5.41 Å². The highest BCUT2D eigenvalue weighted by atomic mass is 16.3. The third kappa shape index (κ3) is 4.61. The van der Waals surface area contributed by atoms with Gasteiger partial charge in [0.15, 0.2) is 0 Å². The molecule has 0 radical (unpaired) electrons. The maximum atomic E-state index is 6.42. The minimum absolute atomic E-state index is 0.104. The predicted octanol–water partition coefficient (Wildman–Crippen LogP) is 14.3. The molecule has 1 aliphatic rings. The van der Waals surface area contributed by atoms with E-state index in [2.05, 4.69) is 188 Å². The monoisotopic (exact) mass is 692 g/mol. The summed E-state index contributed by atoms with van der Waals surface area (Å²) in [5.41, 5.74) is 17.4. The Morgan fingerprint density at radius 3 is 1.87 bits per heavy atom. The van der Waals surface area contributed by atoms with Gasteiger partial charge in [0, 0.05) is 60.6 Å². The van der Waals surface area contributed by atoms with Crippen LogP contribution in [0.5, 0.6) is 0 Å². The van der Waals surface area contributed by atoms with E-state index in [1.807, 2.05) is 12.1 Å². The molecule has 0 atom stereocenters. The number of fused-ring (bicyclic) bond motifs is 9. The summed E-state index contributed by atoms with van der Waals surface area (Å²) in [5, 5.41) is 4.77. The van der Waals surface area contributed by atoms with Gasteiger partial charge in [0.2, 0.25) is 0 Å². The number of rotatable bonds is 5. The van der Waals surface area contributed by atoms with Gasteiger partial charge < -0.3 is 14.3 Å². The predicted molar refractivity (Wildman–Crippen MR) is 226 cm³/mol. The molecule has 10 aromatic rings. The molecule has 1 aliphatic carbocycles. The molecule has 0 fully saturated rings. The van der Waals surface area contributed by atoms with Crippen molar-refractivity contribution in [1.82, 2.24) is 4.98 Å². The van der Waals surface area contributed by atoms with E-state index in [1.165, 1.54) is 44.2 Å². The van der Waals surface area contributed by atoms with E-state index in [1.54, 1.807) is 0 Å². The lowest BCUT2D eigenvalue weighted by Gasteiger charge is -2.28. The lowest BCUT2D eigenvalue weighted by Crippen LogP contribution is -2.16. The standard InChI is InChI=1S/C51H36N2O/c1-51(2)45-15-6-3-10-39(45)40-28-27-37(31-46(40)51)53(35-23-18-32(19-24-35)34-22-29-48-44(30-34)41-11-4-7-16-47(41)52-48)36-25-20-33(21-26-36)38-13-9-14-43-42-12-5-8-17-49(42)54-50(38)43/h3-31,52H,1-2H3. The van der Waals surface area contributed by atoms with Gasteiger partial charge in [-0.25, -0.2) is 0 Å². The van der Waals surface area contributed by atoms with Gasteiger partial charge in [-0.2, -0.15) is 0 Å². The highest BCUT2D eigenvalue weighted by molar-refractivity contribution is 6.10. The molecule has 0 bridgehead atoms. The Bertz CT molecular complexity index is 3070. The van der Waals surface area contributed by atoms with Gasteiger partial charge in [-0.1, -0.05) is 129 Å². The van der Waals surface area contributed by atoms with Gasteiger partial charge in [-0.3, -0.25) is 0 Å². The highest BCUT2D eigenvalue weighted by Crippen LogP contribution is 2.51. The maximum Gasteiger partial charge on any atom is 0.143 e. The Balaban J connectivity index is 1.02. The van der Waals surface area contributed by atoms with Crippen LogP contribution in [0.25, 0.3) is 77.1 Å². The second kappa shape index (κ2) is 11.6. The third-order valence-corrected chi connectivity index (χ3v) is 11.6. The Hall–Kier alpha value is -6.84. The Morgan fingerprint density at radius 2 is 1.04 bits per heavy atom. The topological polar surface area (TPSA) is 32.2 Å². The van der Waals surface area contributed by atoms with E-state index in [9.17, 15) is 0 Å². The van der Waals surface area contributed by atoms with Crippen molar-refractivity contribution in [3.63, 3.8) is 0 Å². The third-order valence-electron chi connectivity index (χ3n) is 11.6. The largest absolute Gasteiger partial charge is 0.455 e. The van der Waals surface area contributed by atoms with Gasteiger partial charge in [0.05, 0.1) is 0 Å². The van der Waals surface area contributed by atoms with Crippen LogP contribution < -0.4 is 4.90 Å². The summed E-state index contributed by atoms with van der Waals surface area (Å²) in [6.45, 7) is 4.69. The number of anilines is 3. The van der Waals surface area contributed by atoms with E-state index in [0.29, 0.717) is 0 Å². The first-order valence-electron chi connectivity index (χ1n) is 18.7. The first-order valence-corrected chi connectivity index (χ1v) is 18.7. The number of para-hydroxylation sites is 3. The summed E-state index contributed by atoms with van der Waals surface area (Å²) < 4.78 is 6.42. The quantitative estimate of drug-likeness (QED) is 0.195. The summed E-state index contributed by atoms with van der Waals surface area (Å²) in [7, 11) is 0. The van der Waals surface area contributed by atoms with Crippen LogP contribution in [0.2, 0.25) is 0 Å². The maximum absolute atomic E-state index is 6.42. The minimum Gasteiger partial charge on any atom is -0.455 e. The molecule has 256 valence electrons. The fourth-order valence-electron chi connectivity index (χ4n) is 8.87. The average Bonchev–Trinajstić information content (AvgIpc) is 3.86. The summed E-state index contributed by atoms with van der Waals surface area (Å²) in [4.78, 5) is 5.95. The second-order valence-corrected chi connectivity index (χ2v) is 15.0. The number of hydrogen-bond donors (Lipinski definition) is 1. The van der Waals surface area contributed by atoms with Crippen LogP contribution in [0.4, 0.5) is 17.1 Å². The van der Waals surface area contributed by atoms with Crippen LogP contribution in [0.15, 0.2) is 180 Å². The molecule has 0 aliphatic heterocycles. The fourth-order valence-corrected chi connectivity index (χ4v) is 8.87. The van der Waals surface area contributed by atoms with Crippen molar-refractivity contribution in [3.05, 3.63) is 187 Å². The number of nitrogens with one attached hydrogen (secondary N) is 1. The number of benzene rings is 8. The first kappa shape index (κ1) is 30.8. The molecule has 0 saturated heterocycles. The van der Waals surface area contributed by atoms with Crippen LogP contribution in [0.1, 0.15) is 25.0 Å². The van der Waals surface area contributed by atoms with Crippen molar-refractivity contribution in [1.29, 1.82) is 0 Å². The molecule has 1 N–H and O–H groups in total. The lowest BCUT2D eigenvalue weighted by atomic mass is 9.82. The second-order valence-electron chi connectivity index (χ2n) is 15.0.